The smallest absolute Gasteiger partial charge is 0.132 e. The quantitative estimate of drug-likeness (QED) is 0.673. The van der Waals surface area contributed by atoms with Crippen LogP contribution in [0.15, 0.2) is 6.07 Å². The molecular weight excluding hydrogens is 240 g/mol. The summed E-state index contributed by atoms with van der Waals surface area (Å²) in [6, 6.07) is 1.92. The fraction of sp³-hybridized carbons (Fsp3) is 0.714. The minimum Gasteiger partial charge on any atom is -0.394 e. The van der Waals surface area contributed by atoms with E-state index >= 15 is 0 Å². The second-order valence-corrected chi connectivity index (χ2v) is 5.01. The van der Waals surface area contributed by atoms with Gasteiger partial charge in [0.2, 0.25) is 0 Å². The van der Waals surface area contributed by atoms with Crippen LogP contribution >= 0.6 is 0 Å². The third-order valence-electron chi connectivity index (χ3n) is 2.98. The van der Waals surface area contributed by atoms with Gasteiger partial charge in [0.15, 0.2) is 0 Å². The van der Waals surface area contributed by atoms with Gasteiger partial charge in [0.25, 0.3) is 0 Å². The molecule has 19 heavy (non-hydrogen) atoms. The van der Waals surface area contributed by atoms with Gasteiger partial charge in [0.05, 0.1) is 12.6 Å². The Morgan fingerprint density at radius 3 is 2.42 bits per heavy atom. The summed E-state index contributed by atoms with van der Waals surface area (Å²) in [6.45, 7) is 9.30. The average Bonchev–Trinajstić information content (AvgIpc) is 2.41. The van der Waals surface area contributed by atoms with Crippen LogP contribution in [-0.4, -0.2) is 34.3 Å². The van der Waals surface area contributed by atoms with Gasteiger partial charge in [0, 0.05) is 19.0 Å². The first-order chi connectivity index (χ1) is 9.10. The molecule has 0 spiro atoms. The van der Waals surface area contributed by atoms with E-state index in [-0.39, 0.29) is 12.6 Å². The second kappa shape index (κ2) is 7.94. The highest BCUT2D eigenvalue weighted by Crippen LogP contribution is 2.15. The molecule has 0 radical (unpaired) electrons. The van der Waals surface area contributed by atoms with Crippen LogP contribution in [0.5, 0.6) is 0 Å². The molecule has 108 valence electrons. The van der Waals surface area contributed by atoms with E-state index in [2.05, 4.69) is 41.4 Å². The van der Waals surface area contributed by atoms with E-state index in [1.807, 2.05) is 13.0 Å². The van der Waals surface area contributed by atoms with Gasteiger partial charge in [-0.15, -0.1) is 0 Å². The van der Waals surface area contributed by atoms with Crippen LogP contribution in [0.25, 0.3) is 0 Å². The molecule has 0 bridgehead atoms. The number of rotatable bonds is 8. The zero-order valence-corrected chi connectivity index (χ0v) is 12.4. The molecule has 1 aromatic heterocycles. The molecule has 0 amide bonds. The Bertz CT molecular complexity index is 382. The second-order valence-electron chi connectivity index (χ2n) is 5.01. The third kappa shape index (κ3) is 5.03. The number of aliphatic hydroxyl groups excluding tert-OH is 1. The molecule has 0 aromatic carbocycles. The van der Waals surface area contributed by atoms with Crippen LogP contribution in [0.2, 0.25) is 0 Å². The number of nitrogens with zero attached hydrogens (tertiary/aromatic N) is 2. The van der Waals surface area contributed by atoms with Crippen LogP contribution in [-0.2, 0) is 6.42 Å². The minimum absolute atomic E-state index is 0.0126. The maximum absolute atomic E-state index is 9.37. The highest BCUT2D eigenvalue weighted by molar-refractivity contribution is 5.48. The normalized spacial score (nSPS) is 12.5. The van der Waals surface area contributed by atoms with Crippen molar-refractivity contribution in [3.63, 3.8) is 0 Å². The summed E-state index contributed by atoms with van der Waals surface area (Å²) >= 11 is 0. The minimum atomic E-state index is 0.0126. The Hall–Kier alpha value is -1.36. The number of aliphatic hydroxyl groups is 1. The third-order valence-corrected chi connectivity index (χ3v) is 2.98. The van der Waals surface area contributed by atoms with Crippen LogP contribution in [0.1, 0.15) is 39.9 Å². The molecule has 0 saturated carbocycles. The van der Waals surface area contributed by atoms with Crippen molar-refractivity contribution < 1.29 is 5.11 Å². The number of hydrogen-bond donors (Lipinski definition) is 3. The first kappa shape index (κ1) is 15.7. The Morgan fingerprint density at radius 2 is 1.89 bits per heavy atom. The largest absolute Gasteiger partial charge is 0.394 e. The lowest BCUT2D eigenvalue weighted by atomic mass is 10.1. The van der Waals surface area contributed by atoms with Crippen LogP contribution in [0.3, 0.4) is 0 Å². The zero-order valence-electron chi connectivity index (χ0n) is 12.4. The molecule has 1 rings (SSSR count). The van der Waals surface area contributed by atoms with Crippen LogP contribution < -0.4 is 10.6 Å². The molecule has 1 unspecified atom stereocenters. The van der Waals surface area contributed by atoms with E-state index in [0.717, 1.165) is 36.8 Å². The molecule has 0 fully saturated rings. The summed E-state index contributed by atoms with van der Waals surface area (Å²) in [7, 11) is 0. The summed E-state index contributed by atoms with van der Waals surface area (Å²) in [6.07, 6.45) is 1.85. The number of aromatic nitrogens is 2. The maximum atomic E-state index is 9.37. The molecule has 1 heterocycles. The Kier molecular flexibility index (Phi) is 6.56. The van der Waals surface area contributed by atoms with Gasteiger partial charge in [-0.05, 0) is 12.3 Å². The van der Waals surface area contributed by atoms with Crippen molar-refractivity contribution in [1.29, 1.82) is 0 Å². The molecular formula is C14H26N4O. The number of hydrogen-bond acceptors (Lipinski definition) is 5. The summed E-state index contributed by atoms with van der Waals surface area (Å²) < 4.78 is 0. The van der Waals surface area contributed by atoms with Gasteiger partial charge in [0.1, 0.15) is 17.5 Å². The topological polar surface area (TPSA) is 70.1 Å². The zero-order chi connectivity index (χ0) is 14.3. The maximum Gasteiger partial charge on any atom is 0.132 e. The van der Waals surface area contributed by atoms with Crippen molar-refractivity contribution >= 4 is 11.6 Å². The SMILES string of the molecule is CCCNc1cc(NC(CO)C(C)C)nc(CC)n1. The van der Waals surface area contributed by atoms with E-state index in [9.17, 15) is 5.11 Å². The van der Waals surface area contributed by atoms with Crippen LogP contribution in [0, 0.1) is 5.92 Å². The standard InChI is InChI=1S/C14H26N4O/c1-5-7-15-13-8-14(18-12(6-2)17-13)16-11(9-19)10(3)4/h8,10-11,19H,5-7,9H2,1-4H3,(H2,15,16,17,18). The van der Waals surface area contributed by atoms with E-state index in [1.54, 1.807) is 0 Å². The van der Waals surface area contributed by atoms with Gasteiger partial charge in [-0.3, -0.25) is 0 Å². The fourth-order valence-electron chi connectivity index (χ4n) is 1.69. The van der Waals surface area contributed by atoms with Crippen molar-refractivity contribution in [3.8, 4) is 0 Å². The van der Waals surface area contributed by atoms with E-state index in [1.165, 1.54) is 0 Å². The Morgan fingerprint density at radius 1 is 1.21 bits per heavy atom. The van der Waals surface area contributed by atoms with E-state index < -0.39 is 0 Å². The highest BCUT2D eigenvalue weighted by atomic mass is 16.3. The van der Waals surface area contributed by atoms with Crippen molar-refractivity contribution in [3.05, 3.63) is 11.9 Å². The summed E-state index contributed by atoms with van der Waals surface area (Å²) in [5.74, 6) is 2.77. The molecule has 0 aliphatic heterocycles. The number of anilines is 2. The lowest BCUT2D eigenvalue weighted by Gasteiger charge is -2.21. The molecule has 3 N–H and O–H groups in total. The highest BCUT2D eigenvalue weighted by Gasteiger charge is 2.13. The predicted molar refractivity (Wildman–Crippen MR) is 79.5 cm³/mol. The van der Waals surface area contributed by atoms with Gasteiger partial charge >= 0.3 is 0 Å². The summed E-state index contributed by atoms with van der Waals surface area (Å²) in [5.41, 5.74) is 0. The van der Waals surface area contributed by atoms with Gasteiger partial charge in [-0.1, -0.05) is 27.7 Å². The van der Waals surface area contributed by atoms with Gasteiger partial charge in [-0.2, -0.15) is 0 Å². The molecule has 1 atom stereocenters. The average molecular weight is 266 g/mol. The van der Waals surface area contributed by atoms with Crippen molar-refractivity contribution in [2.24, 2.45) is 5.92 Å². The Balaban J connectivity index is 2.86. The Labute approximate surface area is 115 Å². The van der Waals surface area contributed by atoms with Crippen LogP contribution in [0.4, 0.5) is 11.6 Å². The van der Waals surface area contributed by atoms with E-state index in [0.29, 0.717) is 5.92 Å². The van der Waals surface area contributed by atoms with Gasteiger partial charge < -0.3 is 15.7 Å². The number of aryl methyl sites for hydroxylation is 1. The number of nitrogens with one attached hydrogen (secondary N) is 2. The lowest BCUT2D eigenvalue weighted by Crippen LogP contribution is -2.30. The lowest BCUT2D eigenvalue weighted by molar-refractivity contribution is 0.249. The molecule has 0 aliphatic rings. The van der Waals surface area contributed by atoms with Gasteiger partial charge in [-0.25, -0.2) is 9.97 Å². The molecule has 1 aromatic rings. The first-order valence-electron chi connectivity index (χ1n) is 7.09. The fourth-order valence-corrected chi connectivity index (χ4v) is 1.69. The monoisotopic (exact) mass is 266 g/mol. The van der Waals surface area contributed by atoms with Crippen molar-refractivity contribution in [2.75, 3.05) is 23.8 Å². The molecule has 5 heteroatoms. The van der Waals surface area contributed by atoms with Crippen molar-refractivity contribution in [1.82, 2.24) is 9.97 Å². The summed E-state index contributed by atoms with van der Waals surface area (Å²) in [5, 5.41) is 15.9. The predicted octanol–water partition coefficient (Wildman–Crippen LogP) is 2.29. The molecule has 0 aliphatic carbocycles. The molecule has 0 saturated heterocycles. The first-order valence-corrected chi connectivity index (χ1v) is 7.09. The van der Waals surface area contributed by atoms with E-state index in [4.69, 9.17) is 0 Å². The van der Waals surface area contributed by atoms with Crippen molar-refractivity contribution in [2.45, 2.75) is 46.6 Å². The molecule has 5 nitrogen and oxygen atoms in total. The summed E-state index contributed by atoms with van der Waals surface area (Å²) in [4.78, 5) is 8.90.